The van der Waals surface area contributed by atoms with Crippen LogP contribution in [0.3, 0.4) is 0 Å². The molecule has 1 aliphatic carbocycles. The first-order chi connectivity index (χ1) is 17.4. The van der Waals surface area contributed by atoms with Crippen LogP contribution >= 0.6 is 0 Å². The molecule has 3 atom stereocenters. The molecule has 1 saturated carbocycles. The lowest BCUT2D eigenvalue weighted by Gasteiger charge is -2.39. The molecule has 10 heteroatoms. The van der Waals surface area contributed by atoms with Gasteiger partial charge in [0, 0.05) is 30.1 Å². The number of nitrogens with zero attached hydrogens (tertiary/aromatic N) is 2. The summed E-state index contributed by atoms with van der Waals surface area (Å²) in [5.74, 6) is -0.668. The molecule has 188 valence electrons. The molecule has 0 spiro atoms. The first-order valence-corrected chi connectivity index (χ1v) is 12.3. The molecule has 2 fully saturated rings. The SMILES string of the molecule is O=C1CN(C[C@@H]2CCCC[C@H]2NC(=O)Nc2ccc3[nH]ncc3c2)C(=O)[C@H](Cc2ccc(F)cc2)N1. The van der Waals surface area contributed by atoms with E-state index in [1.165, 1.54) is 12.1 Å². The molecule has 5 rings (SSSR count). The van der Waals surface area contributed by atoms with E-state index >= 15 is 0 Å². The Kier molecular flexibility index (Phi) is 6.84. The number of carbonyl (C=O) groups excluding carboxylic acids is 3. The average Bonchev–Trinajstić information content (AvgIpc) is 3.32. The number of benzene rings is 2. The number of rotatable bonds is 6. The van der Waals surface area contributed by atoms with Gasteiger partial charge in [-0.25, -0.2) is 9.18 Å². The quantitative estimate of drug-likeness (QED) is 0.423. The number of halogens is 1. The summed E-state index contributed by atoms with van der Waals surface area (Å²) in [7, 11) is 0. The van der Waals surface area contributed by atoms with Crippen molar-refractivity contribution in [2.45, 2.75) is 44.2 Å². The van der Waals surface area contributed by atoms with Crippen LogP contribution in [0.25, 0.3) is 10.9 Å². The Balaban J connectivity index is 1.21. The van der Waals surface area contributed by atoms with Crippen molar-refractivity contribution in [3.05, 3.63) is 60.0 Å². The van der Waals surface area contributed by atoms with Crippen molar-refractivity contribution in [2.75, 3.05) is 18.4 Å². The molecule has 9 nitrogen and oxygen atoms in total. The fraction of sp³-hybridized carbons (Fsp3) is 0.385. The van der Waals surface area contributed by atoms with Crippen LogP contribution in [-0.2, 0) is 16.0 Å². The minimum atomic E-state index is -0.687. The summed E-state index contributed by atoms with van der Waals surface area (Å²) >= 11 is 0. The molecule has 4 N–H and O–H groups in total. The van der Waals surface area contributed by atoms with Gasteiger partial charge in [0.25, 0.3) is 0 Å². The van der Waals surface area contributed by atoms with Crippen molar-refractivity contribution < 1.29 is 18.8 Å². The summed E-state index contributed by atoms with van der Waals surface area (Å²) in [5, 5.41) is 16.5. The van der Waals surface area contributed by atoms with Gasteiger partial charge in [-0.15, -0.1) is 0 Å². The normalized spacial score (nSPS) is 22.4. The summed E-state index contributed by atoms with van der Waals surface area (Å²) in [6, 6.07) is 10.4. The predicted octanol–water partition coefficient (Wildman–Crippen LogP) is 2.95. The van der Waals surface area contributed by atoms with Gasteiger partial charge in [0.2, 0.25) is 11.8 Å². The summed E-state index contributed by atoms with van der Waals surface area (Å²) in [4.78, 5) is 40.0. The summed E-state index contributed by atoms with van der Waals surface area (Å²) in [5.41, 5.74) is 2.33. The highest BCUT2D eigenvalue weighted by atomic mass is 19.1. The van der Waals surface area contributed by atoms with Crippen LogP contribution in [0, 0.1) is 11.7 Å². The van der Waals surface area contributed by atoms with Gasteiger partial charge in [-0.3, -0.25) is 14.7 Å². The van der Waals surface area contributed by atoms with Crippen molar-refractivity contribution >= 4 is 34.4 Å². The van der Waals surface area contributed by atoms with Crippen molar-refractivity contribution in [3.8, 4) is 0 Å². The zero-order valence-electron chi connectivity index (χ0n) is 19.8. The number of urea groups is 1. The van der Waals surface area contributed by atoms with Crippen LogP contribution in [0.2, 0.25) is 0 Å². The van der Waals surface area contributed by atoms with Gasteiger partial charge in [-0.1, -0.05) is 25.0 Å². The van der Waals surface area contributed by atoms with Gasteiger partial charge < -0.3 is 20.9 Å². The lowest BCUT2D eigenvalue weighted by molar-refractivity contribution is -0.145. The van der Waals surface area contributed by atoms with Crippen LogP contribution in [-0.4, -0.2) is 58.1 Å². The minimum absolute atomic E-state index is 0.00111. The van der Waals surface area contributed by atoms with E-state index in [9.17, 15) is 18.8 Å². The number of fused-ring (bicyclic) bond motifs is 1. The second-order valence-electron chi connectivity index (χ2n) is 9.59. The number of nitrogens with one attached hydrogen (secondary N) is 4. The van der Waals surface area contributed by atoms with Crippen LogP contribution < -0.4 is 16.0 Å². The van der Waals surface area contributed by atoms with E-state index in [1.54, 1.807) is 23.2 Å². The topological polar surface area (TPSA) is 119 Å². The van der Waals surface area contributed by atoms with Crippen molar-refractivity contribution in [2.24, 2.45) is 5.92 Å². The number of anilines is 1. The van der Waals surface area contributed by atoms with E-state index in [2.05, 4.69) is 26.1 Å². The van der Waals surface area contributed by atoms with Crippen LogP contribution in [0.5, 0.6) is 0 Å². The second-order valence-corrected chi connectivity index (χ2v) is 9.59. The highest BCUT2D eigenvalue weighted by molar-refractivity contribution is 5.95. The van der Waals surface area contributed by atoms with E-state index in [0.717, 1.165) is 42.1 Å². The van der Waals surface area contributed by atoms with Crippen molar-refractivity contribution in [1.82, 2.24) is 25.7 Å². The van der Waals surface area contributed by atoms with Gasteiger partial charge in [-0.2, -0.15) is 5.10 Å². The molecule has 2 heterocycles. The smallest absolute Gasteiger partial charge is 0.319 e. The molecular weight excluding hydrogens is 463 g/mol. The molecule has 3 aromatic rings. The number of H-pyrrole nitrogens is 1. The predicted molar refractivity (Wildman–Crippen MR) is 133 cm³/mol. The largest absolute Gasteiger partial charge is 0.342 e. The number of hydrogen-bond donors (Lipinski definition) is 4. The molecule has 2 aromatic carbocycles. The van der Waals surface area contributed by atoms with Gasteiger partial charge in [0.1, 0.15) is 11.9 Å². The van der Waals surface area contributed by atoms with Crippen molar-refractivity contribution in [1.29, 1.82) is 0 Å². The van der Waals surface area contributed by atoms with Gasteiger partial charge >= 0.3 is 6.03 Å². The maximum atomic E-state index is 13.2. The van der Waals surface area contributed by atoms with E-state index in [-0.39, 0.29) is 42.2 Å². The van der Waals surface area contributed by atoms with Crippen molar-refractivity contribution in [3.63, 3.8) is 0 Å². The standard InChI is InChI=1S/C26H29FN6O3/c27-19-7-5-16(6-8-19)11-23-25(35)33(15-24(34)30-23)14-17-3-1-2-4-21(17)31-26(36)29-20-9-10-22-18(12-20)13-28-32-22/h5-10,12-13,17,21,23H,1-4,11,14-15H2,(H,28,32)(H,30,34)(H2,29,31,36)/t17-,21+,23-/m0/s1. The molecule has 1 aromatic heterocycles. The van der Waals surface area contributed by atoms with E-state index < -0.39 is 6.04 Å². The highest BCUT2D eigenvalue weighted by Crippen LogP contribution is 2.27. The van der Waals surface area contributed by atoms with E-state index in [0.29, 0.717) is 18.7 Å². The molecule has 2 aliphatic rings. The number of hydrogen-bond acceptors (Lipinski definition) is 4. The van der Waals surface area contributed by atoms with Crippen LogP contribution in [0.15, 0.2) is 48.7 Å². The van der Waals surface area contributed by atoms with Gasteiger partial charge in [0.15, 0.2) is 0 Å². The Morgan fingerprint density at radius 3 is 2.75 bits per heavy atom. The molecule has 1 aliphatic heterocycles. The molecule has 0 unspecified atom stereocenters. The molecule has 4 amide bonds. The molecule has 1 saturated heterocycles. The fourth-order valence-corrected chi connectivity index (χ4v) is 5.18. The maximum Gasteiger partial charge on any atom is 0.319 e. The molecule has 0 radical (unpaired) electrons. The lowest BCUT2D eigenvalue weighted by Crippen LogP contribution is -2.60. The third-order valence-electron chi connectivity index (χ3n) is 7.01. The van der Waals surface area contributed by atoms with Crippen LogP contribution in [0.4, 0.5) is 14.9 Å². The maximum absolute atomic E-state index is 13.2. The minimum Gasteiger partial charge on any atom is -0.342 e. The average molecular weight is 493 g/mol. The Hall–Kier alpha value is -3.95. The summed E-state index contributed by atoms with van der Waals surface area (Å²) < 4.78 is 13.2. The van der Waals surface area contributed by atoms with E-state index in [4.69, 9.17) is 0 Å². The lowest BCUT2D eigenvalue weighted by atomic mass is 9.83. The monoisotopic (exact) mass is 492 g/mol. The second kappa shape index (κ2) is 10.3. The van der Waals surface area contributed by atoms with Gasteiger partial charge in [0.05, 0.1) is 18.3 Å². The Morgan fingerprint density at radius 2 is 1.92 bits per heavy atom. The number of amides is 4. The Morgan fingerprint density at radius 1 is 1.11 bits per heavy atom. The zero-order valence-corrected chi connectivity index (χ0v) is 19.8. The Bertz CT molecular complexity index is 1260. The zero-order chi connectivity index (χ0) is 25.1. The number of piperazine rings is 1. The number of aromatic amines is 1. The Labute approximate surface area is 207 Å². The highest BCUT2D eigenvalue weighted by Gasteiger charge is 2.36. The molecule has 36 heavy (non-hydrogen) atoms. The third-order valence-corrected chi connectivity index (χ3v) is 7.01. The summed E-state index contributed by atoms with van der Waals surface area (Å²) in [6.45, 7) is 0.400. The first-order valence-electron chi connectivity index (χ1n) is 12.3. The van der Waals surface area contributed by atoms with Crippen LogP contribution in [0.1, 0.15) is 31.2 Å². The number of carbonyl (C=O) groups is 3. The fourth-order valence-electron chi connectivity index (χ4n) is 5.18. The first kappa shape index (κ1) is 23.8. The molecule has 0 bridgehead atoms. The number of aromatic nitrogens is 2. The van der Waals surface area contributed by atoms with Gasteiger partial charge in [-0.05, 0) is 54.7 Å². The third kappa shape index (κ3) is 5.48. The van der Waals surface area contributed by atoms with E-state index in [1.807, 2.05) is 18.2 Å². The molecular formula is C26H29FN6O3. The summed E-state index contributed by atoms with van der Waals surface area (Å²) in [6.07, 6.45) is 5.67.